The van der Waals surface area contributed by atoms with Gasteiger partial charge in [0.2, 0.25) is 5.91 Å². The number of pyridine rings is 1. The zero-order valence-corrected chi connectivity index (χ0v) is 14.4. The topological polar surface area (TPSA) is 56.1 Å². The molecule has 132 valence electrons. The second-order valence-corrected chi connectivity index (χ2v) is 7.02. The van der Waals surface area contributed by atoms with Crippen LogP contribution in [0.4, 0.5) is 10.1 Å². The number of amides is 1. The highest BCUT2D eigenvalue weighted by atomic mass is 19.1. The average Bonchev–Trinajstić information content (AvgIpc) is 3.31. The molecule has 0 radical (unpaired) electrons. The SMILES string of the molecule is Cc1ccc2cc(C3CCOC3)n(-c3cc(F)c4c(c3)CC(=O)N4)c2n1. The fourth-order valence-corrected chi connectivity index (χ4v) is 3.94. The second kappa shape index (κ2) is 5.64. The van der Waals surface area contributed by atoms with E-state index < -0.39 is 5.82 Å². The van der Waals surface area contributed by atoms with Crippen molar-refractivity contribution < 1.29 is 13.9 Å². The Balaban J connectivity index is 1.76. The van der Waals surface area contributed by atoms with Crippen molar-refractivity contribution >= 4 is 22.6 Å². The summed E-state index contributed by atoms with van der Waals surface area (Å²) in [6.45, 7) is 3.33. The minimum Gasteiger partial charge on any atom is -0.381 e. The quantitative estimate of drug-likeness (QED) is 0.769. The lowest BCUT2D eigenvalue weighted by Crippen LogP contribution is -2.08. The highest BCUT2D eigenvalue weighted by Crippen LogP contribution is 2.35. The first-order valence-corrected chi connectivity index (χ1v) is 8.79. The van der Waals surface area contributed by atoms with Crippen molar-refractivity contribution in [3.05, 3.63) is 53.1 Å². The fourth-order valence-electron chi connectivity index (χ4n) is 3.94. The van der Waals surface area contributed by atoms with Gasteiger partial charge in [0.15, 0.2) is 0 Å². The number of aromatic nitrogens is 2. The Kier molecular flexibility index (Phi) is 3.37. The van der Waals surface area contributed by atoms with E-state index in [9.17, 15) is 9.18 Å². The zero-order valence-electron chi connectivity index (χ0n) is 14.4. The Labute approximate surface area is 149 Å². The second-order valence-electron chi connectivity index (χ2n) is 7.02. The summed E-state index contributed by atoms with van der Waals surface area (Å²) in [6, 6.07) is 9.51. The maximum absolute atomic E-state index is 14.6. The van der Waals surface area contributed by atoms with Gasteiger partial charge in [-0.15, -0.1) is 0 Å². The molecule has 2 aliphatic rings. The standard InChI is InChI=1S/C20H18FN3O2/c1-11-2-3-12-7-17(13-4-5-26-10-13)24(20(12)22-11)15-6-14-8-18(25)23-19(14)16(21)9-15/h2-3,6-7,9,13H,4-5,8,10H2,1H3,(H,23,25). The molecular weight excluding hydrogens is 333 g/mol. The minimum absolute atomic E-state index is 0.174. The van der Waals surface area contributed by atoms with Gasteiger partial charge in [0, 0.05) is 35.4 Å². The molecule has 0 saturated carbocycles. The fraction of sp³-hybridized carbons (Fsp3) is 0.300. The van der Waals surface area contributed by atoms with E-state index in [1.807, 2.05) is 29.7 Å². The van der Waals surface area contributed by atoms with Gasteiger partial charge in [-0.25, -0.2) is 9.37 Å². The van der Waals surface area contributed by atoms with E-state index in [1.54, 1.807) is 0 Å². The molecule has 0 bridgehead atoms. The van der Waals surface area contributed by atoms with Crippen molar-refractivity contribution in [1.29, 1.82) is 0 Å². The lowest BCUT2D eigenvalue weighted by atomic mass is 10.0. The molecule has 2 aromatic heterocycles. The molecule has 2 aliphatic heterocycles. The van der Waals surface area contributed by atoms with Crippen LogP contribution in [-0.2, 0) is 16.0 Å². The number of carbonyl (C=O) groups is 1. The zero-order chi connectivity index (χ0) is 17.8. The number of nitrogens with one attached hydrogen (secondary N) is 1. The molecule has 5 rings (SSSR count). The number of fused-ring (bicyclic) bond motifs is 2. The van der Waals surface area contributed by atoms with Crippen LogP contribution in [0.2, 0.25) is 0 Å². The van der Waals surface area contributed by atoms with Gasteiger partial charge in [-0.2, -0.15) is 0 Å². The molecule has 1 aromatic carbocycles. The molecule has 5 nitrogen and oxygen atoms in total. The molecule has 26 heavy (non-hydrogen) atoms. The number of anilines is 1. The van der Waals surface area contributed by atoms with E-state index in [4.69, 9.17) is 9.72 Å². The smallest absolute Gasteiger partial charge is 0.228 e. The summed E-state index contributed by atoms with van der Waals surface area (Å²) in [4.78, 5) is 16.4. The van der Waals surface area contributed by atoms with Crippen LogP contribution < -0.4 is 5.32 Å². The first-order valence-electron chi connectivity index (χ1n) is 8.79. The van der Waals surface area contributed by atoms with E-state index in [-0.39, 0.29) is 18.2 Å². The van der Waals surface area contributed by atoms with Crippen LogP contribution >= 0.6 is 0 Å². The third-order valence-corrected chi connectivity index (χ3v) is 5.20. The summed E-state index contributed by atoms with van der Waals surface area (Å²) in [7, 11) is 0. The summed E-state index contributed by atoms with van der Waals surface area (Å²) in [5, 5.41) is 3.62. The first-order chi connectivity index (χ1) is 12.6. The number of ether oxygens (including phenoxy) is 1. The highest BCUT2D eigenvalue weighted by molar-refractivity contribution is 5.99. The van der Waals surface area contributed by atoms with E-state index >= 15 is 0 Å². The van der Waals surface area contributed by atoms with Gasteiger partial charge >= 0.3 is 0 Å². The molecule has 1 atom stereocenters. The number of nitrogens with zero attached hydrogens (tertiary/aromatic N) is 2. The van der Waals surface area contributed by atoms with E-state index in [2.05, 4.69) is 11.4 Å². The van der Waals surface area contributed by atoms with Crippen LogP contribution in [0.15, 0.2) is 30.3 Å². The van der Waals surface area contributed by atoms with Crippen LogP contribution in [0.1, 0.15) is 29.3 Å². The van der Waals surface area contributed by atoms with Crippen LogP contribution in [0.3, 0.4) is 0 Å². The predicted octanol–water partition coefficient (Wildman–Crippen LogP) is 3.47. The molecule has 1 unspecified atom stereocenters. The maximum Gasteiger partial charge on any atom is 0.228 e. The molecule has 1 N–H and O–H groups in total. The molecule has 1 fully saturated rings. The van der Waals surface area contributed by atoms with Gasteiger partial charge in [-0.05, 0) is 43.2 Å². The summed E-state index contributed by atoms with van der Waals surface area (Å²) in [5.74, 6) is -0.334. The van der Waals surface area contributed by atoms with Crippen LogP contribution in [-0.4, -0.2) is 28.7 Å². The lowest BCUT2D eigenvalue weighted by Gasteiger charge is -2.15. The molecular formula is C20H18FN3O2. The summed E-state index contributed by atoms with van der Waals surface area (Å²) in [6.07, 6.45) is 1.14. The number of carbonyl (C=O) groups excluding carboxylic acids is 1. The van der Waals surface area contributed by atoms with Gasteiger partial charge in [-0.3, -0.25) is 9.36 Å². The summed E-state index contributed by atoms with van der Waals surface area (Å²) in [5.41, 5.74) is 4.48. The number of halogens is 1. The largest absolute Gasteiger partial charge is 0.381 e. The van der Waals surface area contributed by atoms with Gasteiger partial charge in [0.25, 0.3) is 0 Å². The van der Waals surface area contributed by atoms with E-state index in [1.165, 1.54) is 6.07 Å². The first kappa shape index (κ1) is 15.5. The van der Waals surface area contributed by atoms with Crippen LogP contribution in [0, 0.1) is 12.7 Å². The molecule has 4 heterocycles. The van der Waals surface area contributed by atoms with Crippen molar-refractivity contribution in [2.24, 2.45) is 0 Å². The predicted molar refractivity (Wildman–Crippen MR) is 96.3 cm³/mol. The Bertz CT molecular complexity index is 1050. The van der Waals surface area contributed by atoms with Gasteiger partial charge in [-0.1, -0.05) is 0 Å². The van der Waals surface area contributed by atoms with Crippen molar-refractivity contribution in [3.8, 4) is 5.69 Å². The summed E-state index contributed by atoms with van der Waals surface area (Å²) >= 11 is 0. The van der Waals surface area contributed by atoms with Crippen LogP contribution in [0.5, 0.6) is 0 Å². The lowest BCUT2D eigenvalue weighted by molar-refractivity contribution is -0.115. The van der Waals surface area contributed by atoms with Crippen molar-refractivity contribution in [1.82, 2.24) is 9.55 Å². The number of hydrogen-bond donors (Lipinski definition) is 1. The van der Waals surface area contributed by atoms with Crippen molar-refractivity contribution in [3.63, 3.8) is 0 Å². The minimum atomic E-state index is -0.411. The van der Waals surface area contributed by atoms with E-state index in [0.29, 0.717) is 23.5 Å². The third-order valence-electron chi connectivity index (χ3n) is 5.20. The molecule has 1 saturated heterocycles. The molecule has 1 amide bonds. The van der Waals surface area contributed by atoms with E-state index in [0.717, 1.165) is 35.4 Å². The van der Waals surface area contributed by atoms with Gasteiger partial charge < -0.3 is 10.1 Å². The number of hydrogen-bond acceptors (Lipinski definition) is 3. The summed E-state index contributed by atoms with van der Waals surface area (Å²) < 4.78 is 22.2. The Hall–Kier alpha value is -2.73. The molecule has 6 heteroatoms. The maximum atomic E-state index is 14.6. The number of benzene rings is 1. The monoisotopic (exact) mass is 351 g/mol. The molecule has 0 aliphatic carbocycles. The van der Waals surface area contributed by atoms with Crippen molar-refractivity contribution in [2.75, 3.05) is 18.5 Å². The van der Waals surface area contributed by atoms with Crippen LogP contribution in [0.25, 0.3) is 16.7 Å². The average molecular weight is 351 g/mol. The third kappa shape index (κ3) is 2.33. The number of rotatable bonds is 2. The number of aryl methyl sites for hydroxylation is 1. The Morgan fingerprint density at radius 3 is 3.00 bits per heavy atom. The van der Waals surface area contributed by atoms with Gasteiger partial charge in [0.1, 0.15) is 11.5 Å². The Morgan fingerprint density at radius 2 is 2.19 bits per heavy atom. The molecule has 3 aromatic rings. The Morgan fingerprint density at radius 1 is 1.31 bits per heavy atom. The van der Waals surface area contributed by atoms with Gasteiger partial charge in [0.05, 0.1) is 24.4 Å². The normalized spacial score (nSPS) is 19.2. The van der Waals surface area contributed by atoms with Crippen molar-refractivity contribution in [2.45, 2.75) is 25.7 Å². The molecule has 0 spiro atoms. The highest BCUT2D eigenvalue weighted by Gasteiger charge is 2.27.